The molecule has 2 aliphatic rings. The summed E-state index contributed by atoms with van der Waals surface area (Å²) in [5.74, 6) is -0.128. The lowest BCUT2D eigenvalue weighted by atomic mass is 9.98. The average Bonchev–Trinajstić information content (AvgIpc) is 2.94. The fourth-order valence-corrected chi connectivity index (χ4v) is 3.34. The molecule has 8 heteroatoms. The Kier molecular flexibility index (Phi) is 5.15. The summed E-state index contributed by atoms with van der Waals surface area (Å²) in [6.07, 6.45) is 3.03. The summed E-state index contributed by atoms with van der Waals surface area (Å²) < 4.78 is 12.7. The van der Waals surface area contributed by atoms with E-state index in [0.717, 1.165) is 25.9 Å². The second-order valence-corrected chi connectivity index (χ2v) is 6.53. The van der Waals surface area contributed by atoms with Gasteiger partial charge in [-0.15, -0.1) is 0 Å². The maximum Gasteiger partial charge on any atom is 0.330 e. The van der Waals surface area contributed by atoms with Gasteiger partial charge in [-0.25, -0.2) is 4.79 Å². The van der Waals surface area contributed by atoms with Gasteiger partial charge in [0.2, 0.25) is 0 Å². The molecule has 0 aliphatic carbocycles. The first-order chi connectivity index (χ1) is 11.5. The van der Waals surface area contributed by atoms with Crippen molar-refractivity contribution in [2.24, 2.45) is 11.8 Å². The van der Waals surface area contributed by atoms with Crippen LogP contribution in [0.4, 0.5) is 0 Å². The van der Waals surface area contributed by atoms with Gasteiger partial charge in [-0.1, -0.05) is 6.92 Å². The van der Waals surface area contributed by atoms with Crippen LogP contribution in [0, 0.1) is 11.8 Å². The van der Waals surface area contributed by atoms with Gasteiger partial charge in [0, 0.05) is 18.2 Å². The van der Waals surface area contributed by atoms with Crippen LogP contribution in [0.2, 0.25) is 0 Å². The molecule has 0 bridgehead atoms. The van der Waals surface area contributed by atoms with Gasteiger partial charge in [0.15, 0.2) is 0 Å². The lowest BCUT2D eigenvalue weighted by Gasteiger charge is -2.22. The Morgan fingerprint density at radius 2 is 2.12 bits per heavy atom. The van der Waals surface area contributed by atoms with Gasteiger partial charge in [0.05, 0.1) is 12.0 Å². The minimum absolute atomic E-state index is 0.0392. The van der Waals surface area contributed by atoms with Gasteiger partial charge in [0.1, 0.15) is 12.8 Å². The molecule has 0 saturated carbocycles. The molecule has 0 aromatic carbocycles. The van der Waals surface area contributed by atoms with E-state index in [2.05, 4.69) is 10.3 Å². The minimum atomic E-state index is -0.494. The quantitative estimate of drug-likeness (QED) is 0.750. The highest BCUT2D eigenvalue weighted by atomic mass is 16.6. The highest BCUT2D eigenvalue weighted by Crippen LogP contribution is 2.33. The third-order valence-corrected chi connectivity index (χ3v) is 4.66. The molecule has 8 nitrogen and oxygen atoms in total. The van der Waals surface area contributed by atoms with Crippen molar-refractivity contribution in [3.8, 4) is 0 Å². The van der Waals surface area contributed by atoms with Gasteiger partial charge < -0.3 is 14.8 Å². The van der Waals surface area contributed by atoms with Crippen molar-refractivity contribution in [2.75, 3.05) is 19.7 Å². The molecule has 0 spiro atoms. The van der Waals surface area contributed by atoms with E-state index in [4.69, 9.17) is 9.47 Å². The summed E-state index contributed by atoms with van der Waals surface area (Å²) in [6.45, 7) is 3.85. The Morgan fingerprint density at radius 3 is 2.83 bits per heavy atom. The smallest absolute Gasteiger partial charge is 0.330 e. The van der Waals surface area contributed by atoms with Crippen LogP contribution < -0.4 is 16.6 Å². The van der Waals surface area contributed by atoms with Crippen LogP contribution in [0.15, 0.2) is 21.9 Å². The van der Waals surface area contributed by atoms with Crippen molar-refractivity contribution in [1.82, 2.24) is 14.9 Å². The largest absolute Gasteiger partial charge is 0.463 e. The zero-order valence-corrected chi connectivity index (χ0v) is 13.7. The number of rotatable bonds is 4. The standard InChI is InChI=1S/C16H23N3O5/c1-10-8-12(9-23-15(21)11-2-5-17-6-3-11)24-14(10)19-7-4-13(20)18-16(19)22/h4,7,10-12,14,17H,2-3,5-6,8-9H2,1H3,(H,18,20,22). The van der Waals surface area contributed by atoms with E-state index in [1.807, 2.05) is 6.92 Å². The molecule has 132 valence electrons. The molecule has 2 fully saturated rings. The number of hydrogen-bond donors (Lipinski definition) is 2. The number of ether oxygens (including phenoxy) is 2. The Bertz CT molecular complexity index is 691. The van der Waals surface area contributed by atoms with Crippen LogP contribution >= 0.6 is 0 Å². The van der Waals surface area contributed by atoms with E-state index in [1.54, 1.807) is 0 Å². The lowest BCUT2D eigenvalue weighted by molar-refractivity contribution is -0.154. The zero-order chi connectivity index (χ0) is 17.1. The topological polar surface area (TPSA) is 102 Å². The highest BCUT2D eigenvalue weighted by Gasteiger charge is 2.35. The molecule has 3 atom stereocenters. The molecule has 2 saturated heterocycles. The number of nitrogens with zero attached hydrogens (tertiary/aromatic N) is 1. The minimum Gasteiger partial charge on any atom is -0.463 e. The maximum absolute atomic E-state index is 12.1. The van der Waals surface area contributed by atoms with Gasteiger partial charge in [-0.2, -0.15) is 0 Å². The number of esters is 1. The predicted molar refractivity (Wildman–Crippen MR) is 85.6 cm³/mol. The summed E-state index contributed by atoms with van der Waals surface area (Å²) >= 11 is 0. The van der Waals surface area contributed by atoms with Gasteiger partial charge in [-0.05, 0) is 32.4 Å². The number of nitrogens with one attached hydrogen (secondary N) is 2. The fraction of sp³-hybridized carbons (Fsp3) is 0.688. The highest BCUT2D eigenvalue weighted by molar-refractivity contribution is 5.72. The molecule has 1 aromatic rings. The van der Waals surface area contributed by atoms with Crippen molar-refractivity contribution >= 4 is 5.97 Å². The number of piperidine rings is 1. The summed E-state index contributed by atoms with van der Waals surface area (Å²) in [4.78, 5) is 37.4. The van der Waals surface area contributed by atoms with E-state index in [0.29, 0.717) is 6.42 Å². The average molecular weight is 337 g/mol. The molecule has 3 rings (SSSR count). The molecular weight excluding hydrogens is 314 g/mol. The first-order valence-electron chi connectivity index (χ1n) is 8.39. The SMILES string of the molecule is CC1CC(COC(=O)C2CCNCC2)OC1n1ccc(=O)[nH]c1=O. The summed E-state index contributed by atoms with van der Waals surface area (Å²) in [6, 6.07) is 1.29. The molecule has 2 aliphatic heterocycles. The van der Waals surface area contributed by atoms with E-state index in [1.165, 1.54) is 16.8 Å². The molecular formula is C16H23N3O5. The molecule has 0 radical (unpaired) electrons. The van der Waals surface area contributed by atoms with Crippen LogP contribution in [0.3, 0.4) is 0 Å². The van der Waals surface area contributed by atoms with E-state index < -0.39 is 17.5 Å². The molecule has 2 N–H and O–H groups in total. The molecule has 3 heterocycles. The van der Waals surface area contributed by atoms with E-state index in [-0.39, 0.29) is 30.5 Å². The van der Waals surface area contributed by atoms with Crippen molar-refractivity contribution in [2.45, 2.75) is 38.5 Å². The van der Waals surface area contributed by atoms with Crippen molar-refractivity contribution in [3.05, 3.63) is 33.1 Å². The van der Waals surface area contributed by atoms with Crippen LogP contribution in [-0.4, -0.2) is 41.3 Å². The number of aromatic nitrogens is 2. The van der Waals surface area contributed by atoms with Crippen LogP contribution in [-0.2, 0) is 14.3 Å². The first-order valence-corrected chi connectivity index (χ1v) is 8.39. The van der Waals surface area contributed by atoms with Crippen LogP contribution in [0.1, 0.15) is 32.4 Å². The Labute approximate surface area is 139 Å². The third-order valence-electron chi connectivity index (χ3n) is 4.66. The normalized spacial score (nSPS) is 28.0. The molecule has 3 unspecified atom stereocenters. The number of hydrogen-bond acceptors (Lipinski definition) is 6. The maximum atomic E-state index is 12.1. The van der Waals surface area contributed by atoms with Crippen LogP contribution in [0.5, 0.6) is 0 Å². The number of aromatic amines is 1. The van der Waals surface area contributed by atoms with Crippen LogP contribution in [0.25, 0.3) is 0 Å². The van der Waals surface area contributed by atoms with Crippen molar-refractivity contribution in [3.63, 3.8) is 0 Å². The van der Waals surface area contributed by atoms with E-state index in [9.17, 15) is 14.4 Å². The Balaban J connectivity index is 1.56. The number of carbonyl (C=O) groups is 1. The second kappa shape index (κ2) is 7.31. The van der Waals surface area contributed by atoms with Gasteiger partial charge in [-0.3, -0.25) is 19.1 Å². The Hall–Kier alpha value is -1.93. The molecule has 0 amide bonds. The van der Waals surface area contributed by atoms with Crippen molar-refractivity contribution in [1.29, 1.82) is 0 Å². The summed E-state index contributed by atoms with van der Waals surface area (Å²) in [5.41, 5.74) is -0.930. The first kappa shape index (κ1) is 16.9. The second-order valence-electron chi connectivity index (χ2n) is 6.53. The summed E-state index contributed by atoms with van der Waals surface area (Å²) in [7, 11) is 0. The Morgan fingerprint density at radius 1 is 1.38 bits per heavy atom. The number of carbonyl (C=O) groups excluding carboxylic acids is 1. The molecule has 1 aromatic heterocycles. The van der Waals surface area contributed by atoms with Crippen molar-refractivity contribution < 1.29 is 14.3 Å². The summed E-state index contributed by atoms with van der Waals surface area (Å²) in [5, 5.41) is 3.22. The van der Waals surface area contributed by atoms with E-state index >= 15 is 0 Å². The van der Waals surface area contributed by atoms with Gasteiger partial charge in [0.25, 0.3) is 5.56 Å². The van der Waals surface area contributed by atoms with Gasteiger partial charge >= 0.3 is 11.7 Å². The predicted octanol–water partition coefficient (Wildman–Crippen LogP) is 0.00300. The molecule has 24 heavy (non-hydrogen) atoms. The third kappa shape index (κ3) is 3.76. The zero-order valence-electron chi connectivity index (χ0n) is 13.7. The fourth-order valence-electron chi connectivity index (χ4n) is 3.34. The lowest BCUT2D eigenvalue weighted by Crippen LogP contribution is -2.34. The monoisotopic (exact) mass is 337 g/mol. The number of H-pyrrole nitrogens is 1.